The maximum Gasteiger partial charge on any atom is 0.119 e. The molecule has 1 aliphatic rings. The molecule has 1 N–H and O–H groups in total. The molecule has 1 unspecified atom stereocenters. The van der Waals surface area contributed by atoms with Crippen LogP contribution in [0.4, 0.5) is 0 Å². The van der Waals surface area contributed by atoms with Gasteiger partial charge in [-0.15, -0.1) is 12.4 Å². The Morgan fingerprint density at radius 2 is 1.87 bits per heavy atom. The fourth-order valence-corrected chi connectivity index (χ4v) is 2.69. The normalized spacial score (nSPS) is 17.5. The van der Waals surface area contributed by atoms with Crippen LogP contribution in [-0.4, -0.2) is 55.6 Å². The lowest BCUT2D eigenvalue weighted by molar-refractivity contribution is 0.00333. The SMILES string of the molecule is CC1CCN(CC(O)COCCOc2ccc(Cl)cc2)CC1.Cl. The second-order valence-electron chi connectivity index (χ2n) is 6.01. The average Bonchev–Trinajstić information content (AvgIpc) is 2.51. The fourth-order valence-electron chi connectivity index (χ4n) is 2.56. The molecule has 6 heteroatoms. The van der Waals surface area contributed by atoms with Crippen LogP contribution in [0.15, 0.2) is 24.3 Å². The van der Waals surface area contributed by atoms with E-state index in [1.807, 2.05) is 12.1 Å². The van der Waals surface area contributed by atoms with Crippen LogP contribution in [0.2, 0.25) is 5.02 Å². The largest absolute Gasteiger partial charge is 0.491 e. The zero-order valence-corrected chi connectivity index (χ0v) is 15.2. The lowest BCUT2D eigenvalue weighted by Crippen LogP contribution is -2.40. The summed E-state index contributed by atoms with van der Waals surface area (Å²) in [6, 6.07) is 7.24. The van der Waals surface area contributed by atoms with Crippen molar-refractivity contribution in [1.29, 1.82) is 0 Å². The first-order chi connectivity index (χ1) is 10.6. The topological polar surface area (TPSA) is 41.9 Å². The summed E-state index contributed by atoms with van der Waals surface area (Å²) in [5, 5.41) is 10.7. The molecule has 1 fully saturated rings. The molecule has 1 heterocycles. The van der Waals surface area contributed by atoms with Crippen molar-refractivity contribution in [3.05, 3.63) is 29.3 Å². The second-order valence-corrected chi connectivity index (χ2v) is 6.45. The molecule has 0 amide bonds. The predicted octanol–water partition coefficient (Wildman–Crippen LogP) is 3.25. The van der Waals surface area contributed by atoms with Crippen molar-refractivity contribution in [1.82, 2.24) is 4.90 Å². The van der Waals surface area contributed by atoms with Crippen LogP contribution < -0.4 is 4.74 Å². The first kappa shape index (κ1) is 20.5. The first-order valence-corrected chi connectivity index (χ1v) is 8.38. The highest BCUT2D eigenvalue weighted by Gasteiger charge is 2.18. The summed E-state index contributed by atoms with van der Waals surface area (Å²) in [4.78, 5) is 2.32. The molecule has 1 aromatic rings. The standard InChI is InChI=1S/C17H26ClNO3.ClH/c1-14-6-8-19(9-7-14)12-16(20)13-21-10-11-22-17-4-2-15(18)3-5-17;/h2-5,14,16,20H,6-13H2,1H3;1H. The quantitative estimate of drug-likeness (QED) is 0.719. The molecule has 2 rings (SSSR count). The summed E-state index contributed by atoms with van der Waals surface area (Å²) in [5.74, 6) is 1.59. The van der Waals surface area contributed by atoms with Gasteiger partial charge in [0.05, 0.1) is 19.3 Å². The summed E-state index contributed by atoms with van der Waals surface area (Å²) in [6.07, 6.45) is 2.02. The highest BCUT2D eigenvalue weighted by atomic mass is 35.5. The number of β-amino-alcohol motifs (C(OH)–C–C–N with tert-alkyl or cyclic N) is 1. The number of benzene rings is 1. The third kappa shape index (κ3) is 8.23. The Balaban J connectivity index is 0.00000264. The van der Waals surface area contributed by atoms with E-state index in [9.17, 15) is 5.11 Å². The number of halogens is 2. The van der Waals surface area contributed by atoms with Gasteiger partial charge in [0.15, 0.2) is 0 Å². The Kier molecular flexibility index (Phi) is 9.91. The number of aliphatic hydroxyl groups excluding tert-OH is 1. The summed E-state index contributed by atoms with van der Waals surface area (Å²) < 4.78 is 11.0. The van der Waals surface area contributed by atoms with E-state index in [0.29, 0.717) is 31.4 Å². The van der Waals surface area contributed by atoms with Crippen LogP contribution in [0.5, 0.6) is 5.75 Å². The molecule has 1 aromatic carbocycles. The fraction of sp³-hybridized carbons (Fsp3) is 0.647. The summed E-state index contributed by atoms with van der Waals surface area (Å²) in [7, 11) is 0. The molecule has 23 heavy (non-hydrogen) atoms. The Morgan fingerprint density at radius 1 is 1.22 bits per heavy atom. The summed E-state index contributed by atoms with van der Waals surface area (Å²) >= 11 is 5.81. The predicted molar refractivity (Wildman–Crippen MR) is 95.9 cm³/mol. The molecule has 1 atom stereocenters. The molecule has 4 nitrogen and oxygen atoms in total. The molecule has 0 radical (unpaired) electrons. The van der Waals surface area contributed by atoms with E-state index >= 15 is 0 Å². The molecular weight excluding hydrogens is 337 g/mol. The van der Waals surface area contributed by atoms with Crippen LogP contribution in [0.25, 0.3) is 0 Å². The van der Waals surface area contributed by atoms with Crippen molar-refractivity contribution in [2.75, 3.05) is 39.5 Å². The first-order valence-electron chi connectivity index (χ1n) is 8.00. The average molecular weight is 364 g/mol. The Hall–Kier alpha value is -0.520. The second kappa shape index (κ2) is 11.1. The maximum atomic E-state index is 9.99. The van der Waals surface area contributed by atoms with Gasteiger partial charge in [-0.25, -0.2) is 0 Å². The van der Waals surface area contributed by atoms with E-state index in [1.165, 1.54) is 12.8 Å². The van der Waals surface area contributed by atoms with Crippen LogP contribution in [0.3, 0.4) is 0 Å². The number of nitrogens with zero attached hydrogens (tertiary/aromatic N) is 1. The van der Waals surface area contributed by atoms with Crippen molar-refractivity contribution in [3.8, 4) is 5.75 Å². The number of piperidine rings is 1. The van der Waals surface area contributed by atoms with Crippen molar-refractivity contribution in [2.45, 2.75) is 25.9 Å². The van der Waals surface area contributed by atoms with Crippen molar-refractivity contribution < 1.29 is 14.6 Å². The zero-order chi connectivity index (χ0) is 15.8. The van der Waals surface area contributed by atoms with Gasteiger partial charge in [0.1, 0.15) is 12.4 Å². The lowest BCUT2D eigenvalue weighted by Gasteiger charge is -2.31. The summed E-state index contributed by atoms with van der Waals surface area (Å²) in [6.45, 7) is 6.44. The molecule has 132 valence electrons. The number of hydrogen-bond donors (Lipinski definition) is 1. The monoisotopic (exact) mass is 363 g/mol. The number of ether oxygens (including phenoxy) is 2. The van der Waals surface area contributed by atoms with E-state index in [2.05, 4.69) is 11.8 Å². The highest BCUT2D eigenvalue weighted by molar-refractivity contribution is 6.30. The van der Waals surface area contributed by atoms with Gasteiger partial charge in [0.25, 0.3) is 0 Å². The van der Waals surface area contributed by atoms with E-state index < -0.39 is 6.10 Å². The molecule has 0 aliphatic carbocycles. The molecule has 0 aromatic heterocycles. The third-order valence-corrected chi connectivity index (χ3v) is 4.22. The Bertz CT molecular complexity index is 422. The van der Waals surface area contributed by atoms with Crippen LogP contribution in [0, 0.1) is 5.92 Å². The van der Waals surface area contributed by atoms with E-state index in [4.69, 9.17) is 21.1 Å². The number of rotatable bonds is 8. The summed E-state index contributed by atoms with van der Waals surface area (Å²) in [5.41, 5.74) is 0. The minimum atomic E-state index is -0.427. The molecular formula is C17H27Cl2NO3. The van der Waals surface area contributed by atoms with Gasteiger partial charge in [-0.1, -0.05) is 18.5 Å². The van der Waals surface area contributed by atoms with E-state index in [0.717, 1.165) is 24.8 Å². The van der Waals surface area contributed by atoms with Crippen LogP contribution in [-0.2, 0) is 4.74 Å². The lowest BCUT2D eigenvalue weighted by atomic mass is 9.99. The molecule has 1 saturated heterocycles. The van der Waals surface area contributed by atoms with E-state index in [-0.39, 0.29) is 12.4 Å². The minimum Gasteiger partial charge on any atom is -0.491 e. The van der Waals surface area contributed by atoms with Crippen LogP contribution >= 0.6 is 24.0 Å². The van der Waals surface area contributed by atoms with Gasteiger partial charge in [-0.3, -0.25) is 0 Å². The Labute approximate surface area is 150 Å². The van der Waals surface area contributed by atoms with Gasteiger partial charge < -0.3 is 19.5 Å². The smallest absolute Gasteiger partial charge is 0.119 e. The van der Waals surface area contributed by atoms with Gasteiger partial charge in [-0.05, 0) is 56.1 Å². The molecule has 1 aliphatic heterocycles. The van der Waals surface area contributed by atoms with E-state index in [1.54, 1.807) is 12.1 Å². The number of likely N-dealkylation sites (tertiary alicyclic amines) is 1. The zero-order valence-electron chi connectivity index (χ0n) is 13.6. The van der Waals surface area contributed by atoms with Crippen LogP contribution in [0.1, 0.15) is 19.8 Å². The maximum absolute atomic E-state index is 9.99. The Morgan fingerprint density at radius 3 is 2.52 bits per heavy atom. The van der Waals surface area contributed by atoms with Crippen molar-refractivity contribution in [2.24, 2.45) is 5.92 Å². The minimum absolute atomic E-state index is 0. The molecule has 0 spiro atoms. The van der Waals surface area contributed by atoms with Crippen molar-refractivity contribution >= 4 is 24.0 Å². The van der Waals surface area contributed by atoms with Gasteiger partial charge in [0, 0.05) is 11.6 Å². The van der Waals surface area contributed by atoms with Gasteiger partial charge >= 0.3 is 0 Å². The van der Waals surface area contributed by atoms with Gasteiger partial charge in [0.2, 0.25) is 0 Å². The number of aliphatic hydroxyl groups is 1. The molecule has 0 bridgehead atoms. The highest BCUT2D eigenvalue weighted by Crippen LogP contribution is 2.16. The van der Waals surface area contributed by atoms with Gasteiger partial charge in [-0.2, -0.15) is 0 Å². The third-order valence-electron chi connectivity index (χ3n) is 3.97. The number of hydrogen-bond acceptors (Lipinski definition) is 4. The van der Waals surface area contributed by atoms with Crippen molar-refractivity contribution in [3.63, 3.8) is 0 Å². The molecule has 0 saturated carbocycles.